The summed E-state index contributed by atoms with van der Waals surface area (Å²) in [5, 5.41) is 9.69. The van der Waals surface area contributed by atoms with Crippen molar-refractivity contribution in [2.75, 3.05) is 0 Å². The highest BCUT2D eigenvalue weighted by atomic mass is 35.5. The highest BCUT2D eigenvalue weighted by Crippen LogP contribution is 2.28. The molecular formula is C31H30Cl4N4O3. The first-order valence-electron chi connectivity index (χ1n) is 13.3. The van der Waals surface area contributed by atoms with E-state index >= 15 is 0 Å². The summed E-state index contributed by atoms with van der Waals surface area (Å²) in [6.07, 6.45) is 3.05. The fraction of sp³-hybridized carbons (Fsp3) is 0.258. The first-order chi connectivity index (χ1) is 20.0. The highest BCUT2D eigenvalue weighted by Gasteiger charge is 2.25. The van der Waals surface area contributed by atoms with Crippen molar-refractivity contribution in [3.05, 3.63) is 98.1 Å². The van der Waals surface area contributed by atoms with E-state index in [1.165, 1.54) is 6.07 Å². The van der Waals surface area contributed by atoms with Gasteiger partial charge in [0.2, 0.25) is 0 Å². The SMILES string of the molecule is CC(C)C[C@H](NC(=O)[C@@H](C)Oc1ccc(Cl)cc1Cl)C(=O)N/N=C\c1cn(Cc2ccc(Cl)c(Cl)c2)c2ccccc12. The second-order valence-corrected chi connectivity index (χ2v) is 11.9. The molecule has 1 aromatic heterocycles. The van der Waals surface area contributed by atoms with Crippen LogP contribution in [-0.2, 0) is 16.1 Å². The van der Waals surface area contributed by atoms with Gasteiger partial charge in [-0.15, -0.1) is 0 Å². The Bertz CT molecular complexity index is 1620. The molecule has 0 saturated heterocycles. The number of aromatic nitrogens is 1. The lowest BCUT2D eigenvalue weighted by atomic mass is 10.0. The smallest absolute Gasteiger partial charge is 0.262 e. The van der Waals surface area contributed by atoms with Gasteiger partial charge >= 0.3 is 0 Å². The van der Waals surface area contributed by atoms with E-state index in [1.54, 1.807) is 31.3 Å². The van der Waals surface area contributed by atoms with Crippen LogP contribution in [0.3, 0.4) is 0 Å². The second kappa shape index (κ2) is 14.3. The third kappa shape index (κ3) is 8.19. The number of halogens is 4. The summed E-state index contributed by atoms with van der Waals surface area (Å²) in [7, 11) is 0. The molecule has 0 spiro atoms. The number of amides is 2. The Morgan fingerprint density at radius 3 is 2.40 bits per heavy atom. The van der Waals surface area contributed by atoms with E-state index in [0.717, 1.165) is 22.0 Å². The van der Waals surface area contributed by atoms with Crippen molar-refractivity contribution in [3.8, 4) is 5.75 Å². The van der Waals surface area contributed by atoms with Crippen LogP contribution < -0.4 is 15.5 Å². The Labute approximate surface area is 264 Å². The minimum atomic E-state index is -0.906. The van der Waals surface area contributed by atoms with Crippen LogP contribution in [0.4, 0.5) is 0 Å². The molecule has 0 saturated carbocycles. The van der Waals surface area contributed by atoms with E-state index < -0.39 is 24.0 Å². The van der Waals surface area contributed by atoms with Gasteiger partial charge in [0.05, 0.1) is 21.3 Å². The lowest BCUT2D eigenvalue weighted by Gasteiger charge is -2.22. The van der Waals surface area contributed by atoms with Gasteiger partial charge < -0.3 is 14.6 Å². The fourth-order valence-electron chi connectivity index (χ4n) is 4.39. The number of benzene rings is 3. The molecule has 220 valence electrons. The van der Waals surface area contributed by atoms with Crippen molar-refractivity contribution in [2.24, 2.45) is 11.0 Å². The summed E-state index contributed by atoms with van der Waals surface area (Å²) in [5.74, 6) is -0.455. The molecule has 2 amide bonds. The largest absolute Gasteiger partial charge is 0.479 e. The molecule has 3 aromatic carbocycles. The highest BCUT2D eigenvalue weighted by molar-refractivity contribution is 6.42. The number of hydrogen-bond donors (Lipinski definition) is 2. The van der Waals surface area contributed by atoms with Gasteiger partial charge in [0.25, 0.3) is 11.8 Å². The van der Waals surface area contributed by atoms with Crippen LogP contribution >= 0.6 is 46.4 Å². The van der Waals surface area contributed by atoms with Crippen LogP contribution in [0, 0.1) is 5.92 Å². The number of hydrazone groups is 1. The quantitative estimate of drug-likeness (QED) is 0.129. The number of nitrogens with one attached hydrogen (secondary N) is 2. The summed E-state index contributed by atoms with van der Waals surface area (Å²) in [4.78, 5) is 26.0. The maximum atomic E-state index is 13.1. The molecule has 0 aliphatic carbocycles. The molecule has 2 atom stereocenters. The zero-order valence-corrected chi connectivity index (χ0v) is 26.2. The van der Waals surface area contributed by atoms with Crippen molar-refractivity contribution in [3.63, 3.8) is 0 Å². The first kappa shape index (κ1) is 31.7. The van der Waals surface area contributed by atoms with Gasteiger partial charge in [-0.05, 0) is 61.2 Å². The van der Waals surface area contributed by atoms with Crippen molar-refractivity contribution in [1.29, 1.82) is 0 Å². The Balaban J connectivity index is 1.45. The number of hydrogen-bond acceptors (Lipinski definition) is 4. The lowest BCUT2D eigenvalue weighted by molar-refractivity contribution is -0.132. The van der Waals surface area contributed by atoms with Crippen LogP contribution in [0.5, 0.6) is 5.75 Å². The van der Waals surface area contributed by atoms with E-state index in [9.17, 15) is 9.59 Å². The summed E-state index contributed by atoms with van der Waals surface area (Å²) < 4.78 is 7.78. The molecule has 7 nitrogen and oxygen atoms in total. The molecule has 4 aromatic rings. The zero-order chi connectivity index (χ0) is 30.4. The zero-order valence-electron chi connectivity index (χ0n) is 23.2. The molecule has 42 heavy (non-hydrogen) atoms. The number of para-hydroxylation sites is 1. The molecule has 0 unspecified atom stereocenters. The number of carbonyl (C=O) groups excluding carboxylic acids is 2. The molecule has 2 N–H and O–H groups in total. The summed E-state index contributed by atoms with van der Waals surface area (Å²) in [5.41, 5.74) is 5.39. The minimum Gasteiger partial charge on any atom is -0.479 e. The van der Waals surface area contributed by atoms with Crippen molar-refractivity contribution in [2.45, 2.75) is 45.9 Å². The number of nitrogens with zero attached hydrogens (tertiary/aromatic N) is 2. The van der Waals surface area contributed by atoms with Crippen molar-refractivity contribution < 1.29 is 14.3 Å². The number of carbonyl (C=O) groups is 2. The predicted octanol–water partition coefficient (Wildman–Crippen LogP) is 7.75. The molecule has 0 aliphatic heterocycles. The van der Waals surface area contributed by atoms with Gasteiger partial charge in [-0.1, -0.05) is 84.5 Å². The van der Waals surface area contributed by atoms with Gasteiger partial charge in [-0.2, -0.15) is 5.10 Å². The van der Waals surface area contributed by atoms with Gasteiger partial charge in [-0.3, -0.25) is 9.59 Å². The van der Waals surface area contributed by atoms with Gasteiger partial charge in [-0.25, -0.2) is 5.43 Å². The molecule has 0 fully saturated rings. The number of rotatable bonds is 11. The summed E-state index contributed by atoms with van der Waals surface area (Å²) >= 11 is 24.4. The Kier molecular flexibility index (Phi) is 10.8. The van der Waals surface area contributed by atoms with Gasteiger partial charge in [0.1, 0.15) is 11.8 Å². The average molecular weight is 648 g/mol. The van der Waals surface area contributed by atoms with Crippen LogP contribution in [0.2, 0.25) is 20.1 Å². The third-order valence-corrected chi connectivity index (χ3v) is 7.71. The molecule has 4 rings (SSSR count). The summed E-state index contributed by atoms with van der Waals surface area (Å²) in [6, 6.07) is 17.3. The fourth-order valence-corrected chi connectivity index (χ4v) is 5.17. The van der Waals surface area contributed by atoms with E-state index in [4.69, 9.17) is 51.1 Å². The monoisotopic (exact) mass is 646 g/mol. The average Bonchev–Trinajstić information content (AvgIpc) is 3.28. The van der Waals surface area contributed by atoms with Gasteiger partial charge in [0.15, 0.2) is 6.10 Å². The molecule has 1 heterocycles. The number of ether oxygens (including phenoxy) is 1. The Morgan fingerprint density at radius 2 is 1.69 bits per heavy atom. The van der Waals surface area contributed by atoms with Crippen LogP contribution in [0.25, 0.3) is 10.9 Å². The first-order valence-corrected chi connectivity index (χ1v) is 14.8. The van der Waals surface area contributed by atoms with Crippen LogP contribution in [-0.4, -0.2) is 34.7 Å². The molecule has 0 radical (unpaired) electrons. The van der Waals surface area contributed by atoms with Crippen LogP contribution in [0.1, 0.15) is 38.3 Å². The van der Waals surface area contributed by atoms with E-state index in [1.807, 2.05) is 56.4 Å². The van der Waals surface area contributed by atoms with Crippen LogP contribution in [0.15, 0.2) is 72.0 Å². The Morgan fingerprint density at radius 1 is 0.929 bits per heavy atom. The van der Waals surface area contributed by atoms with Crippen molar-refractivity contribution in [1.82, 2.24) is 15.3 Å². The Hall–Kier alpha value is -3.23. The standard InChI is InChI=1S/C31H30Cl4N4O3/c1-18(2)12-27(37-30(40)19(3)42-29-11-9-22(32)14-26(29)35)31(41)38-36-15-21-17-39(28-7-5-4-6-23(21)28)16-20-8-10-24(33)25(34)13-20/h4-11,13-15,17-19,27H,12,16H2,1-3H3,(H,37,40)(H,38,41)/b36-15-/t19-,27+/m1/s1. The van der Waals surface area contributed by atoms with E-state index in [-0.39, 0.29) is 10.9 Å². The minimum absolute atomic E-state index is 0.131. The van der Waals surface area contributed by atoms with E-state index in [0.29, 0.717) is 33.8 Å². The normalized spacial score (nSPS) is 13.0. The lowest BCUT2D eigenvalue weighted by Crippen LogP contribution is -2.49. The maximum Gasteiger partial charge on any atom is 0.262 e. The topological polar surface area (TPSA) is 84.7 Å². The maximum absolute atomic E-state index is 13.1. The molecule has 11 heteroatoms. The third-order valence-electron chi connectivity index (χ3n) is 6.44. The van der Waals surface area contributed by atoms with E-state index in [2.05, 4.69) is 20.4 Å². The number of fused-ring (bicyclic) bond motifs is 1. The predicted molar refractivity (Wildman–Crippen MR) is 171 cm³/mol. The van der Waals surface area contributed by atoms with Gasteiger partial charge in [0, 0.05) is 34.2 Å². The second-order valence-electron chi connectivity index (χ2n) is 10.2. The summed E-state index contributed by atoms with van der Waals surface area (Å²) in [6.45, 7) is 6.08. The molecule has 0 aliphatic rings. The molecule has 0 bridgehead atoms. The molecular weight excluding hydrogens is 618 g/mol. The van der Waals surface area contributed by atoms with Crippen molar-refractivity contribution >= 4 is 75.3 Å².